The van der Waals surface area contributed by atoms with Crippen LogP contribution in [0.3, 0.4) is 0 Å². The first kappa shape index (κ1) is 17.8. The van der Waals surface area contributed by atoms with Gasteiger partial charge in [0, 0.05) is 32.0 Å². The fourth-order valence-corrected chi connectivity index (χ4v) is 3.63. The van der Waals surface area contributed by atoms with Gasteiger partial charge in [-0.2, -0.15) is 0 Å². The zero-order chi connectivity index (χ0) is 18.0. The lowest BCUT2D eigenvalue weighted by atomic mass is 9.95. The van der Waals surface area contributed by atoms with E-state index in [1.54, 1.807) is 4.90 Å². The van der Waals surface area contributed by atoms with E-state index in [1.807, 2.05) is 43.9 Å². The van der Waals surface area contributed by atoms with E-state index in [2.05, 4.69) is 12.1 Å². The second-order valence-electron chi connectivity index (χ2n) is 8.11. The second-order valence-corrected chi connectivity index (χ2v) is 8.11. The molecule has 2 saturated heterocycles. The first-order valence-electron chi connectivity index (χ1n) is 9.16. The van der Waals surface area contributed by atoms with Gasteiger partial charge in [0.2, 0.25) is 5.91 Å². The molecule has 25 heavy (non-hydrogen) atoms. The van der Waals surface area contributed by atoms with Gasteiger partial charge in [-0.25, -0.2) is 4.79 Å². The van der Waals surface area contributed by atoms with Crippen molar-refractivity contribution in [3.63, 3.8) is 0 Å². The van der Waals surface area contributed by atoms with Crippen LogP contribution in [0.4, 0.5) is 4.79 Å². The Morgan fingerprint density at radius 1 is 1.16 bits per heavy atom. The molecule has 2 aliphatic rings. The highest BCUT2D eigenvalue weighted by molar-refractivity contribution is 5.78. The van der Waals surface area contributed by atoms with Crippen LogP contribution in [0.1, 0.15) is 51.6 Å². The number of carbonyl (C=O) groups excluding carboxylic acids is 2. The molecule has 0 saturated carbocycles. The first-order chi connectivity index (χ1) is 11.8. The smallest absolute Gasteiger partial charge is 0.410 e. The van der Waals surface area contributed by atoms with Crippen LogP contribution < -0.4 is 0 Å². The molecule has 136 valence electrons. The predicted molar refractivity (Wildman–Crippen MR) is 96.0 cm³/mol. The minimum absolute atomic E-state index is 0.204. The molecule has 0 N–H and O–H groups in total. The summed E-state index contributed by atoms with van der Waals surface area (Å²) in [7, 11) is 0. The maximum absolute atomic E-state index is 12.7. The molecule has 5 nitrogen and oxygen atoms in total. The average Bonchev–Trinajstić information content (AvgIpc) is 2.99. The largest absolute Gasteiger partial charge is 0.444 e. The molecule has 0 spiro atoms. The van der Waals surface area contributed by atoms with E-state index >= 15 is 0 Å². The summed E-state index contributed by atoms with van der Waals surface area (Å²) in [5, 5.41) is 0. The van der Waals surface area contributed by atoms with E-state index in [0.717, 1.165) is 19.4 Å². The number of amides is 2. The van der Waals surface area contributed by atoms with Crippen LogP contribution in [0.5, 0.6) is 0 Å². The molecule has 1 unspecified atom stereocenters. The topological polar surface area (TPSA) is 49.9 Å². The minimum Gasteiger partial charge on any atom is -0.444 e. The van der Waals surface area contributed by atoms with E-state index in [1.165, 1.54) is 5.56 Å². The van der Waals surface area contributed by atoms with E-state index in [-0.39, 0.29) is 24.0 Å². The fourth-order valence-electron chi connectivity index (χ4n) is 3.63. The molecule has 1 aromatic rings. The van der Waals surface area contributed by atoms with Crippen LogP contribution in [0.25, 0.3) is 0 Å². The maximum atomic E-state index is 12.7. The summed E-state index contributed by atoms with van der Waals surface area (Å²) in [6.45, 7) is 7.66. The Labute approximate surface area is 149 Å². The van der Waals surface area contributed by atoms with E-state index in [0.29, 0.717) is 19.5 Å². The SMILES string of the molecule is CC(C)(C)OC(=O)N1CC(CC(=O)N2CCCC2c2ccccc2)C1. The lowest BCUT2D eigenvalue weighted by Crippen LogP contribution is -2.52. The molecular formula is C20H28N2O3. The molecular weight excluding hydrogens is 316 g/mol. The second kappa shape index (κ2) is 7.06. The number of rotatable bonds is 3. The number of hydrogen-bond acceptors (Lipinski definition) is 3. The minimum atomic E-state index is -0.476. The van der Waals surface area contributed by atoms with Crippen LogP contribution in [-0.2, 0) is 9.53 Å². The van der Waals surface area contributed by atoms with Gasteiger partial charge in [-0.05, 0) is 39.2 Å². The quantitative estimate of drug-likeness (QED) is 0.842. The molecule has 2 heterocycles. The van der Waals surface area contributed by atoms with Gasteiger partial charge in [0.25, 0.3) is 0 Å². The van der Waals surface area contributed by atoms with Crippen LogP contribution in [-0.4, -0.2) is 47.0 Å². The molecule has 2 aliphatic heterocycles. The number of nitrogens with zero attached hydrogens (tertiary/aromatic N) is 2. The molecule has 2 fully saturated rings. The highest BCUT2D eigenvalue weighted by Crippen LogP contribution is 2.33. The zero-order valence-corrected chi connectivity index (χ0v) is 15.4. The molecule has 0 radical (unpaired) electrons. The van der Waals surface area contributed by atoms with Gasteiger partial charge in [-0.15, -0.1) is 0 Å². The molecule has 5 heteroatoms. The number of carbonyl (C=O) groups is 2. The first-order valence-corrected chi connectivity index (χ1v) is 9.16. The monoisotopic (exact) mass is 344 g/mol. The highest BCUT2D eigenvalue weighted by atomic mass is 16.6. The zero-order valence-electron chi connectivity index (χ0n) is 15.4. The van der Waals surface area contributed by atoms with Crippen molar-refractivity contribution in [3.05, 3.63) is 35.9 Å². The number of hydrogen-bond donors (Lipinski definition) is 0. The Bertz CT molecular complexity index is 618. The third kappa shape index (κ3) is 4.33. The summed E-state index contributed by atoms with van der Waals surface area (Å²) in [5.41, 5.74) is 0.744. The van der Waals surface area contributed by atoms with E-state index < -0.39 is 5.60 Å². The van der Waals surface area contributed by atoms with Gasteiger partial charge in [0.1, 0.15) is 5.60 Å². The van der Waals surface area contributed by atoms with Crippen molar-refractivity contribution in [3.8, 4) is 0 Å². The summed E-state index contributed by atoms with van der Waals surface area (Å²) >= 11 is 0. The summed E-state index contributed by atoms with van der Waals surface area (Å²) < 4.78 is 5.36. The molecule has 1 atom stereocenters. The molecule has 3 rings (SSSR count). The summed E-state index contributed by atoms with van der Waals surface area (Å²) in [5.74, 6) is 0.456. The average molecular weight is 344 g/mol. The van der Waals surface area contributed by atoms with Gasteiger partial charge in [-0.1, -0.05) is 30.3 Å². The fraction of sp³-hybridized carbons (Fsp3) is 0.600. The Hall–Kier alpha value is -2.04. The molecule has 0 bridgehead atoms. The summed E-state index contributed by atoms with van der Waals surface area (Å²) in [6, 6.07) is 10.5. The van der Waals surface area contributed by atoms with Crippen LogP contribution >= 0.6 is 0 Å². The lowest BCUT2D eigenvalue weighted by Gasteiger charge is -2.40. The van der Waals surface area contributed by atoms with Crippen molar-refractivity contribution >= 4 is 12.0 Å². The third-order valence-electron chi connectivity index (χ3n) is 4.83. The summed E-state index contributed by atoms with van der Waals surface area (Å²) in [4.78, 5) is 28.4. The van der Waals surface area contributed by atoms with Crippen LogP contribution in [0, 0.1) is 5.92 Å². The van der Waals surface area contributed by atoms with Gasteiger partial charge < -0.3 is 14.5 Å². The number of likely N-dealkylation sites (tertiary alicyclic amines) is 2. The number of benzene rings is 1. The van der Waals surface area contributed by atoms with Crippen molar-refractivity contribution in [2.75, 3.05) is 19.6 Å². The van der Waals surface area contributed by atoms with E-state index in [4.69, 9.17) is 4.74 Å². The lowest BCUT2D eigenvalue weighted by molar-refractivity contribution is -0.134. The van der Waals surface area contributed by atoms with Crippen LogP contribution in [0.2, 0.25) is 0 Å². The molecule has 0 aromatic heterocycles. The van der Waals surface area contributed by atoms with Gasteiger partial charge in [0.05, 0.1) is 6.04 Å². The van der Waals surface area contributed by atoms with Crippen molar-refractivity contribution in [1.82, 2.24) is 9.80 Å². The van der Waals surface area contributed by atoms with Gasteiger partial charge >= 0.3 is 6.09 Å². The van der Waals surface area contributed by atoms with Gasteiger partial charge in [0.15, 0.2) is 0 Å². The molecule has 1 aromatic carbocycles. The summed E-state index contributed by atoms with van der Waals surface area (Å²) in [6.07, 6.45) is 2.33. The van der Waals surface area contributed by atoms with Crippen molar-refractivity contribution < 1.29 is 14.3 Å². The molecule has 0 aliphatic carbocycles. The Kier molecular flexibility index (Phi) is 5.02. The van der Waals surface area contributed by atoms with Crippen LogP contribution in [0.15, 0.2) is 30.3 Å². The van der Waals surface area contributed by atoms with E-state index in [9.17, 15) is 9.59 Å². The predicted octanol–water partition coefficient (Wildman–Crippen LogP) is 3.61. The van der Waals surface area contributed by atoms with Crippen molar-refractivity contribution in [2.24, 2.45) is 5.92 Å². The standard InChI is InChI=1S/C20H28N2O3/c1-20(2,3)25-19(24)21-13-15(14-21)12-18(23)22-11-7-10-17(22)16-8-5-4-6-9-16/h4-6,8-9,15,17H,7,10-14H2,1-3H3. The Balaban J connectivity index is 1.50. The highest BCUT2D eigenvalue weighted by Gasteiger charge is 2.37. The number of ether oxygens (including phenoxy) is 1. The van der Waals surface area contributed by atoms with Crippen molar-refractivity contribution in [2.45, 2.75) is 51.7 Å². The Morgan fingerprint density at radius 3 is 2.48 bits per heavy atom. The normalized spacial score (nSPS) is 21.2. The third-order valence-corrected chi connectivity index (χ3v) is 4.83. The van der Waals surface area contributed by atoms with Gasteiger partial charge in [-0.3, -0.25) is 4.79 Å². The Morgan fingerprint density at radius 2 is 1.84 bits per heavy atom. The molecule has 2 amide bonds. The maximum Gasteiger partial charge on any atom is 0.410 e. The van der Waals surface area contributed by atoms with Crippen molar-refractivity contribution in [1.29, 1.82) is 0 Å².